The molecule has 1 fully saturated rings. The molecule has 1 aliphatic rings. The van der Waals surface area contributed by atoms with E-state index in [1.165, 1.54) is 10.9 Å². The van der Waals surface area contributed by atoms with Crippen LogP contribution in [0.15, 0.2) is 42.6 Å². The number of piperidine rings is 1. The minimum absolute atomic E-state index is 0.0768. The summed E-state index contributed by atoms with van der Waals surface area (Å²) in [7, 11) is 0. The number of alkyl halides is 3. The number of hydrogen-bond donors (Lipinski definition) is 0. The molecule has 0 amide bonds. The fraction of sp³-hybridized carbons (Fsp3) is 0.368. The monoisotopic (exact) mass is 360 g/mol. The molecule has 0 spiro atoms. The van der Waals surface area contributed by atoms with Gasteiger partial charge in [0.2, 0.25) is 0 Å². The zero-order chi connectivity index (χ0) is 18.3. The van der Waals surface area contributed by atoms with Crippen molar-refractivity contribution in [2.24, 2.45) is 0 Å². The number of para-hydroxylation sites is 1. The number of nitrogens with zero attached hydrogens (tertiary/aromatic N) is 4. The van der Waals surface area contributed by atoms with Gasteiger partial charge < -0.3 is 4.90 Å². The van der Waals surface area contributed by atoms with Gasteiger partial charge in [0.05, 0.1) is 11.6 Å². The molecule has 136 valence electrons. The van der Waals surface area contributed by atoms with Gasteiger partial charge in [0, 0.05) is 36.1 Å². The van der Waals surface area contributed by atoms with Gasteiger partial charge >= 0.3 is 6.18 Å². The Morgan fingerprint density at radius 3 is 2.73 bits per heavy atom. The summed E-state index contributed by atoms with van der Waals surface area (Å²) in [4.78, 5) is 6.81. The molecule has 3 heterocycles. The molecule has 0 radical (unpaired) electrons. The second kappa shape index (κ2) is 6.30. The van der Waals surface area contributed by atoms with Crippen LogP contribution in [0.1, 0.15) is 30.3 Å². The van der Waals surface area contributed by atoms with Crippen molar-refractivity contribution in [1.29, 1.82) is 0 Å². The quantitative estimate of drug-likeness (QED) is 0.670. The lowest BCUT2D eigenvalue weighted by Crippen LogP contribution is -2.37. The van der Waals surface area contributed by atoms with Crippen LogP contribution in [0.4, 0.5) is 18.9 Å². The molecule has 4 rings (SSSR count). The third-order valence-electron chi connectivity index (χ3n) is 4.83. The maximum atomic E-state index is 12.8. The van der Waals surface area contributed by atoms with Gasteiger partial charge in [0.25, 0.3) is 0 Å². The molecule has 0 N–H and O–H groups in total. The number of hydrogen-bond acceptors (Lipinski definition) is 3. The van der Waals surface area contributed by atoms with E-state index in [1.807, 2.05) is 31.2 Å². The van der Waals surface area contributed by atoms with Crippen LogP contribution in [0.5, 0.6) is 0 Å². The Bertz CT molecular complexity index is 932. The number of aryl methyl sites for hydroxylation is 1. The van der Waals surface area contributed by atoms with Gasteiger partial charge in [-0.15, -0.1) is 0 Å². The van der Waals surface area contributed by atoms with Crippen LogP contribution < -0.4 is 4.90 Å². The van der Waals surface area contributed by atoms with Gasteiger partial charge in [0.15, 0.2) is 5.69 Å². The summed E-state index contributed by atoms with van der Waals surface area (Å²) < 4.78 is 40.0. The molecular formula is C19H19F3N4. The minimum atomic E-state index is -4.40. The summed E-state index contributed by atoms with van der Waals surface area (Å²) in [5.41, 5.74) is 2.11. The molecule has 7 heteroatoms. The van der Waals surface area contributed by atoms with Crippen molar-refractivity contribution in [3.63, 3.8) is 0 Å². The number of rotatable bonds is 2. The first kappa shape index (κ1) is 16.9. The van der Waals surface area contributed by atoms with E-state index in [1.54, 1.807) is 0 Å². The molecule has 0 saturated carbocycles. The summed E-state index contributed by atoms with van der Waals surface area (Å²) >= 11 is 0. The Morgan fingerprint density at radius 2 is 1.96 bits per heavy atom. The highest BCUT2D eigenvalue weighted by atomic mass is 19.4. The van der Waals surface area contributed by atoms with E-state index in [4.69, 9.17) is 0 Å². The Balaban J connectivity index is 1.64. The van der Waals surface area contributed by atoms with E-state index >= 15 is 0 Å². The summed E-state index contributed by atoms with van der Waals surface area (Å²) in [5.74, 6) is 0. The van der Waals surface area contributed by atoms with E-state index in [-0.39, 0.29) is 6.04 Å². The second-order valence-corrected chi connectivity index (χ2v) is 6.72. The standard InChI is InChI=1S/C19H19F3N4/c1-13-11-17(15-6-2-3-7-16(15)23-13)25-9-4-5-14(12-25)26-10-8-18(24-26)19(20,21)22/h2-3,6-8,10-11,14H,4-5,9,12H2,1H3. The van der Waals surface area contributed by atoms with Crippen molar-refractivity contribution in [3.05, 3.63) is 54.0 Å². The molecule has 1 unspecified atom stereocenters. The fourth-order valence-electron chi connectivity index (χ4n) is 3.63. The van der Waals surface area contributed by atoms with Crippen LogP contribution >= 0.6 is 0 Å². The van der Waals surface area contributed by atoms with Crippen LogP contribution in [0.25, 0.3) is 10.9 Å². The van der Waals surface area contributed by atoms with Crippen molar-refractivity contribution in [1.82, 2.24) is 14.8 Å². The van der Waals surface area contributed by atoms with Gasteiger partial charge in [-0.1, -0.05) is 18.2 Å². The van der Waals surface area contributed by atoms with Crippen molar-refractivity contribution >= 4 is 16.6 Å². The smallest absolute Gasteiger partial charge is 0.369 e. The molecule has 1 aromatic carbocycles. The van der Waals surface area contributed by atoms with Gasteiger partial charge in [-0.2, -0.15) is 18.3 Å². The van der Waals surface area contributed by atoms with Crippen LogP contribution in [0, 0.1) is 6.92 Å². The van der Waals surface area contributed by atoms with Crippen molar-refractivity contribution < 1.29 is 13.2 Å². The molecular weight excluding hydrogens is 341 g/mol. The van der Waals surface area contributed by atoms with Gasteiger partial charge in [-0.05, 0) is 38.0 Å². The summed E-state index contributed by atoms with van der Waals surface area (Å²) in [6.45, 7) is 3.46. The highest BCUT2D eigenvalue weighted by Crippen LogP contribution is 2.33. The summed E-state index contributed by atoms with van der Waals surface area (Å²) in [6.07, 6.45) is -1.25. The SMILES string of the molecule is Cc1cc(N2CCCC(n3ccc(C(F)(F)F)n3)C2)c2ccccc2n1. The summed E-state index contributed by atoms with van der Waals surface area (Å²) in [6, 6.07) is 11.0. The van der Waals surface area contributed by atoms with Crippen molar-refractivity contribution in [2.75, 3.05) is 18.0 Å². The third-order valence-corrected chi connectivity index (χ3v) is 4.83. The molecule has 4 nitrogen and oxygen atoms in total. The number of fused-ring (bicyclic) bond motifs is 1. The number of halogens is 3. The minimum Gasteiger partial charge on any atom is -0.369 e. The zero-order valence-electron chi connectivity index (χ0n) is 14.4. The Morgan fingerprint density at radius 1 is 1.15 bits per heavy atom. The molecule has 1 saturated heterocycles. The van der Waals surface area contributed by atoms with Crippen molar-refractivity contribution in [2.45, 2.75) is 32.0 Å². The average Bonchev–Trinajstić information content (AvgIpc) is 3.12. The first-order valence-electron chi connectivity index (χ1n) is 8.65. The lowest BCUT2D eigenvalue weighted by Gasteiger charge is -2.35. The van der Waals surface area contributed by atoms with E-state index in [0.29, 0.717) is 6.54 Å². The van der Waals surface area contributed by atoms with Gasteiger partial charge in [0.1, 0.15) is 0 Å². The topological polar surface area (TPSA) is 34.0 Å². The second-order valence-electron chi connectivity index (χ2n) is 6.72. The predicted octanol–water partition coefficient (Wildman–Crippen LogP) is 4.60. The maximum Gasteiger partial charge on any atom is 0.435 e. The van der Waals surface area contributed by atoms with Crippen LogP contribution in [0.2, 0.25) is 0 Å². The van der Waals surface area contributed by atoms with E-state index in [2.05, 4.69) is 21.0 Å². The first-order chi connectivity index (χ1) is 12.4. The predicted molar refractivity (Wildman–Crippen MR) is 94.2 cm³/mol. The highest BCUT2D eigenvalue weighted by Gasteiger charge is 2.34. The molecule has 2 aromatic heterocycles. The molecule has 3 aromatic rings. The van der Waals surface area contributed by atoms with Gasteiger partial charge in [-0.25, -0.2) is 0 Å². The average molecular weight is 360 g/mol. The normalized spacial score (nSPS) is 18.5. The van der Waals surface area contributed by atoms with Crippen LogP contribution in [-0.2, 0) is 6.18 Å². The third kappa shape index (κ3) is 3.13. The molecule has 1 aliphatic heterocycles. The number of pyridine rings is 1. The van der Waals surface area contributed by atoms with E-state index in [9.17, 15) is 13.2 Å². The van der Waals surface area contributed by atoms with Crippen molar-refractivity contribution in [3.8, 4) is 0 Å². The van der Waals surface area contributed by atoms with Crippen LogP contribution in [-0.4, -0.2) is 27.9 Å². The number of benzene rings is 1. The molecule has 1 atom stereocenters. The zero-order valence-corrected chi connectivity index (χ0v) is 14.4. The molecule has 0 bridgehead atoms. The lowest BCUT2D eigenvalue weighted by atomic mass is 10.0. The highest BCUT2D eigenvalue weighted by molar-refractivity contribution is 5.92. The van der Waals surface area contributed by atoms with Crippen LogP contribution in [0.3, 0.4) is 0 Å². The maximum absolute atomic E-state index is 12.8. The number of anilines is 1. The molecule has 0 aliphatic carbocycles. The lowest BCUT2D eigenvalue weighted by molar-refractivity contribution is -0.141. The summed E-state index contributed by atoms with van der Waals surface area (Å²) in [5, 5.41) is 4.83. The first-order valence-corrected chi connectivity index (χ1v) is 8.65. The Labute approximate surface area is 149 Å². The fourth-order valence-corrected chi connectivity index (χ4v) is 3.63. The Kier molecular flexibility index (Phi) is 4.09. The van der Waals surface area contributed by atoms with E-state index < -0.39 is 11.9 Å². The Hall–Kier alpha value is -2.57. The van der Waals surface area contributed by atoms with Gasteiger partial charge in [-0.3, -0.25) is 9.67 Å². The number of aromatic nitrogens is 3. The largest absolute Gasteiger partial charge is 0.435 e. The molecule has 26 heavy (non-hydrogen) atoms. The van der Waals surface area contributed by atoms with E-state index in [0.717, 1.165) is 47.7 Å².